The highest BCUT2D eigenvalue weighted by atomic mass is 16.5. The molecule has 0 heterocycles. The number of likely N-dealkylation sites (N-methyl/N-ethyl adjacent to an activating group) is 1. The molecule has 0 radical (unpaired) electrons. The van der Waals surface area contributed by atoms with Gasteiger partial charge in [0.1, 0.15) is 0 Å². The molecule has 0 spiro atoms. The van der Waals surface area contributed by atoms with Crippen LogP contribution in [0.4, 0.5) is 0 Å². The number of benzene rings is 2. The molecule has 2 aromatic rings. The van der Waals surface area contributed by atoms with Crippen molar-refractivity contribution in [3.8, 4) is 0 Å². The van der Waals surface area contributed by atoms with Crippen molar-refractivity contribution >= 4 is 10.8 Å². The van der Waals surface area contributed by atoms with Crippen molar-refractivity contribution in [3.05, 3.63) is 48.0 Å². The predicted octanol–water partition coefficient (Wildman–Crippen LogP) is 4.70. The van der Waals surface area contributed by atoms with Crippen molar-refractivity contribution in [3.63, 3.8) is 0 Å². The molecule has 2 aromatic carbocycles. The van der Waals surface area contributed by atoms with Gasteiger partial charge in [-0.3, -0.25) is 0 Å². The lowest BCUT2D eigenvalue weighted by Crippen LogP contribution is -2.44. The van der Waals surface area contributed by atoms with E-state index in [1.165, 1.54) is 16.3 Å². The molecule has 2 rings (SSSR count). The van der Waals surface area contributed by atoms with Gasteiger partial charge in [0.05, 0.1) is 11.6 Å². The summed E-state index contributed by atoms with van der Waals surface area (Å²) in [5.41, 5.74) is 1.15. The molecular weight excluding hydrogens is 258 g/mol. The van der Waals surface area contributed by atoms with Crippen LogP contribution in [0.25, 0.3) is 10.8 Å². The van der Waals surface area contributed by atoms with Crippen LogP contribution in [-0.4, -0.2) is 19.3 Å². The molecule has 0 amide bonds. The second-order valence-corrected chi connectivity index (χ2v) is 5.57. The molecule has 0 aromatic heterocycles. The van der Waals surface area contributed by atoms with E-state index >= 15 is 0 Å². The largest absolute Gasteiger partial charge is 0.376 e. The normalized spacial score (nSPS) is 13.5. The Morgan fingerprint density at radius 1 is 1.00 bits per heavy atom. The van der Waals surface area contributed by atoms with E-state index in [0.29, 0.717) is 0 Å². The van der Waals surface area contributed by atoms with Crippen LogP contribution in [0.1, 0.15) is 45.2 Å². The summed E-state index contributed by atoms with van der Waals surface area (Å²) in [6.45, 7) is 7.50. The first-order chi connectivity index (χ1) is 10.2. The van der Waals surface area contributed by atoms with Gasteiger partial charge in [0, 0.05) is 7.11 Å². The molecule has 0 aliphatic rings. The summed E-state index contributed by atoms with van der Waals surface area (Å²) in [7, 11) is 1.83. The molecule has 2 nitrogen and oxygen atoms in total. The maximum Gasteiger partial charge on any atom is 0.0867 e. The van der Waals surface area contributed by atoms with Gasteiger partial charge in [-0.05, 0) is 41.8 Å². The van der Waals surface area contributed by atoms with Gasteiger partial charge < -0.3 is 10.1 Å². The summed E-state index contributed by atoms with van der Waals surface area (Å²) in [4.78, 5) is 0. The number of ether oxygens (including phenoxy) is 1. The Bertz CT molecular complexity index is 566. The van der Waals surface area contributed by atoms with Crippen LogP contribution >= 0.6 is 0 Å². The first-order valence-electron chi connectivity index (χ1n) is 7.98. The molecule has 0 saturated carbocycles. The minimum Gasteiger partial charge on any atom is -0.376 e. The number of methoxy groups -OCH3 is 1. The monoisotopic (exact) mass is 285 g/mol. The smallest absolute Gasteiger partial charge is 0.0867 e. The van der Waals surface area contributed by atoms with Gasteiger partial charge in [-0.2, -0.15) is 0 Å². The van der Waals surface area contributed by atoms with Crippen molar-refractivity contribution in [2.75, 3.05) is 13.7 Å². The number of nitrogens with one attached hydrogen (secondary N) is 1. The summed E-state index contributed by atoms with van der Waals surface area (Å²) in [5, 5.41) is 6.20. The highest BCUT2D eigenvalue weighted by Gasteiger charge is 2.36. The summed E-state index contributed by atoms with van der Waals surface area (Å²) in [6, 6.07) is 15.5. The lowest BCUT2D eigenvalue weighted by Gasteiger charge is -2.39. The Hall–Kier alpha value is -1.38. The molecule has 1 N–H and O–H groups in total. The molecule has 0 saturated heterocycles. The first-order valence-corrected chi connectivity index (χ1v) is 7.98. The van der Waals surface area contributed by atoms with Gasteiger partial charge in [-0.25, -0.2) is 0 Å². The third-order valence-electron chi connectivity index (χ3n) is 4.64. The van der Waals surface area contributed by atoms with Crippen molar-refractivity contribution in [1.82, 2.24) is 5.32 Å². The molecule has 21 heavy (non-hydrogen) atoms. The van der Waals surface area contributed by atoms with Crippen molar-refractivity contribution in [1.29, 1.82) is 0 Å². The van der Waals surface area contributed by atoms with E-state index in [4.69, 9.17) is 4.74 Å². The van der Waals surface area contributed by atoms with Gasteiger partial charge in [0.2, 0.25) is 0 Å². The van der Waals surface area contributed by atoms with Gasteiger partial charge >= 0.3 is 0 Å². The van der Waals surface area contributed by atoms with E-state index in [1.807, 2.05) is 7.11 Å². The minimum absolute atomic E-state index is 0.154. The third kappa shape index (κ3) is 3.12. The van der Waals surface area contributed by atoms with Crippen LogP contribution in [0.5, 0.6) is 0 Å². The number of rotatable bonds is 7. The third-order valence-corrected chi connectivity index (χ3v) is 4.64. The van der Waals surface area contributed by atoms with E-state index < -0.39 is 0 Å². The lowest BCUT2D eigenvalue weighted by molar-refractivity contribution is -0.0482. The fourth-order valence-electron chi connectivity index (χ4n) is 3.26. The molecule has 0 fully saturated rings. The predicted molar refractivity (Wildman–Crippen MR) is 90.7 cm³/mol. The maximum atomic E-state index is 5.95. The van der Waals surface area contributed by atoms with Crippen LogP contribution in [0.3, 0.4) is 0 Å². The zero-order valence-electron chi connectivity index (χ0n) is 13.6. The molecule has 0 aliphatic heterocycles. The highest BCUT2D eigenvalue weighted by molar-refractivity contribution is 5.83. The summed E-state index contributed by atoms with van der Waals surface area (Å²) in [6.07, 6.45) is 1.98. The van der Waals surface area contributed by atoms with E-state index in [2.05, 4.69) is 68.6 Å². The van der Waals surface area contributed by atoms with Crippen LogP contribution in [0, 0.1) is 0 Å². The van der Waals surface area contributed by atoms with E-state index in [0.717, 1.165) is 19.4 Å². The Morgan fingerprint density at radius 3 is 2.24 bits per heavy atom. The molecule has 1 atom stereocenters. The van der Waals surface area contributed by atoms with Gasteiger partial charge in [-0.1, -0.05) is 57.2 Å². The number of fused-ring (bicyclic) bond motifs is 1. The van der Waals surface area contributed by atoms with Gasteiger partial charge in [-0.15, -0.1) is 0 Å². The topological polar surface area (TPSA) is 21.3 Å². The van der Waals surface area contributed by atoms with Crippen LogP contribution in [0.2, 0.25) is 0 Å². The molecule has 114 valence electrons. The highest BCUT2D eigenvalue weighted by Crippen LogP contribution is 2.36. The van der Waals surface area contributed by atoms with Gasteiger partial charge in [0.25, 0.3) is 0 Å². The fraction of sp³-hybridized carbons (Fsp3) is 0.474. The second kappa shape index (κ2) is 7.06. The standard InChI is InChI=1S/C19H27NO/c1-5-19(6-2,21-4)18(20-7-3)17-13-12-15-10-8-9-11-16(15)14-17/h8-14,18,20H,5-7H2,1-4H3. The quantitative estimate of drug-likeness (QED) is 0.796. The Kier molecular flexibility index (Phi) is 5.38. The average Bonchev–Trinajstić information content (AvgIpc) is 2.55. The average molecular weight is 285 g/mol. The summed E-state index contributed by atoms with van der Waals surface area (Å²) in [5.74, 6) is 0. The minimum atomic E-state index is -0.154. The van der Waals surface area contributed by atoms with Crippen molar-refractivity contribution in [2.45, 2.75) is 45.3 Å². The van der Waals surface area contributed by atoms with Crippen LogP contribution in [-0.2, 0) is 4.74 Å². The van der Waals surface area contributed by atoms with E-state index in [1.54, 1.807) is 0 Å². The zero-order chi connectivity index (χ0) is 15.3. The van der Waals surface area contributed by atoms with Crippen LogP contribution < -0.4 is 5.32 Å². The number of hydrogen-bond acceptors (Lipinski definition) is 2. The molecule has 2 heteroatoms. The second-order valence-electron chi connectivity index (χ2n) is 5.57. The van der Waals surface area contributed by atoms with E-state index in [-0.39, 0.29) is 11.6 Å². The van der Waals surface area contributed by atoms with Crippen molar-refractivity contribution in [2.24, 2.45) is 0 Å². The zero-order valence-corrected chi connectivity index (χ0v) is 13.6. The molecule has 0 bridgehead atoms. The van der Waals surface area contributed by atoms with Crippen molar-refractivity contribution < 1.29 is 4.74 Å². The Labute approximate surface area is 128 Å². The summed E-state index contributed by atoms with van der Waals surface area (Å²) < 4.78 is 5.95. The summed E-state index contributed by atoms with van der Waals surface area (Å²) >= 11 is 0. The first kappa shape index (κ1) is 16.0. The lowest BCUT2D eigenvalue weighted by atomic mass is 9.83. The molecule has 1 unspecified atom stereocenters. The SMILES string of the molecule is CCNC(c1ccc2ccccc2c1)C(CC)(CC)OC. The number of hydrogen-bond donors (Lipinski definition) is 1. The van der Waals surface area contributed by atoms with E-state index in [9.17, 15) is 0 Å². The Balaban J connectivity index is 2.48. The fourth-order valence-corrected chi connectivity index (χ4v) is 3.26. The Morgan fingerprint density at radius 2 is 1.67 bits per heavy atom. The maximum absolute atomic E-state index is 5.95. The molecule has 0 aliphatic carbocycles. The molecular formula is C19H27NO. The van der Waals surface area contributed by atoms with Crippen LogP contribution in [0.15, 0.2) is 42.5 Å². The van der Waals surface area contributed by atoms with Gasteiger partial charge in [0.15, 0.2) is 0 Å².